The number of hydrogen-bond donors (Lipinski definition) is 0. The van der Waals surface area contributed by atoms with Crippen LogP contribution >= 0.6 is 0 Å². The Morgan fingerprint density at radius 1 is 1.36 bits per heavy atom. The Labute approximate surface area is 143 Å². The molecule has 1 aliphatic rings. The minimum absolute atomic E-state index is 0.213. The zero-order chi connectivity index (χ0) is 17.8. The lowest BCUT2D eigenvalue weighted by atomic mass is 10.2. The Hall–Kier alpha value is -2.59. The van der Waals surface area contributed by atoms with Crippen molar-refractivity contribution in [3.63, 3.8) is 0 Å². The molecule has 0 amide bonds. The molecule has 0 radical (unpaired) electrons. The number of nitro groups is 1. The zero-order valence-electron chi connectivity index (χ0n) is 13.7. The second-order valence-electron chi connectivity index (χ2n) is 5.69. The first-order valence-electron chi connectivity index (χ1n) is 7.78. The van der Waals surface area contributed by atoms with E-state index in [1.807, 2.05) is 4.90 Å². The molecule has 0 aliphatic carbocycles. The lowest BCUT2D eigenvalue weighted by molar-refractivity contribution is -0.384. The van der Waals surface area contributed by atoms with Gasteiger partial charge in [-0.3, -0.25) is 15.0 Å². The van der Waals surface area contributed by atoms with Crippen LogP contribution in [0.25, 0.3) is 0 Å². The highest BCUT2D eigenvalue weighted by molar-refractivity contribution is 5.63. The highest BCUT2D eigenvalue weighted by atomic mass is 19.1. The molecule has 0 N–H and O–H groups in total. The standard InChI is InChI=1S/C15H18FN5O4/c1-24-10-14-17-15(25-18-14)9-19-4-6-20(7-5-19)12-3-2-11(16)8-13(12)21(22)23/h2-3,8H,4-7,9-10H2,1H3. The van der Waals surface area contributed by atoms with E-state index in [9.17, 15) is 14.5 Å². The first kappa shape index (κ1) is 17.2. The fourth-order valence-electron chi connectivity index (χ4n) is 2.79. The van der Waals surface area contributed by atoms with Crippen LogP contribution in [-0.2, 0) is 17.9 Å². The van der Waals surface area contributed by atoms with Gasteiger partial charge in [-0.05, 0) is 12.1 Å². The summed E-state index contributed by atoms with van der Waals surface area (Å²) >= 11 is 0. The molecule has 2 heterocycles. The molecule has 3 rings (SSSR count). The number of rotatable bonds is 6. The zero-order valence-corrected chi connectivity index (χ0v) is 13.7. The Morgan fingerprint density at radius 3 is 2.80 bits per heavy atom. The van der Waals surface area contributed by atoms with Crippen molar-refractivity contribution in [2.45, 2.75) is 13.2 Å². The van der Waals surface area contributed by atoms with Crippen LogP contribution in [0.5, 0.6) is 0 Å². The molecule has 134 valence electrons. The van der Waals surface area contributed by atoms with Gasteiger partial charge in [0.25, 0.3) is 5.69 Å². The van der Waals surface area contributed by atoms with E-state index < -0.39 is 10.7 Å². The lowest BCUT2D eigenvalue weighted by Gasteiger charge is -2.35. The van der Waals surface area contributed by atoms with Crippen LogP contribution in [0.3, 0.4) is 0 Å². The van der Waals surface area contributed by atoms with Crippen molar-refractivity contribution in [3.05, 3.63) is 45.8 Å². The minimum atomic E-state index is -0.614. The van der Waals surface area contributed by atoms with Crippen LogP contribution in [0.1, 0.15) is 11.7 Å². The first-order valence-corrected chi connectivity index (χ1v) is 7.78. The van der Waals surface area contributed by atoms with E-state index in [-0.39, 0.29) is 5.69 Å². The third-order valence-corrected chi connectivity index (χ3v) is 3.99. The number of anilines is 1. The molecule has 0 saturated carbocycles. The van der Waals surface area contributed by atoms with E-state index in [2.05, 4.69) is 15.0 Å². The Morgan fingerprint density at radius 2 is 2.12 bits per heavy atom. The Kier molecular flexibility index (Phi) is 5.19. The molecule has 2 aromatic rings. The fourth-order valence-corrected chi connectivity index (χ4v) is 2.79. The summed E-state index contributed by atoms with van der Waals surface area (Å²) in [4.78, 5) is 18.8. The largest absolute Gasteiger partial charge is 0.377 e. The minimum Gasteiger partial charge on any atom is -0.377 e. The van der Waals surface area contributed by atoms with Gasteiger partial charge in [-0.2, -0.15) is 4.98 Å². The number of aromatic nitrogens is 2. The summed E-state index contributed by atoms with van der Waals surface area (Å²) in [5.74, 6) is 0.392. The maximum absolute atomic E-state index is 13.3. The number of hydrogen-bond acceptors (Lipinski definition) is 8. The summed E-state index contributed by atoms with van der Waals surface area (Å²) in [6.07, 6.45) is 0. The molecule has 1 aromatic heterocycles. The molecule has 10 heteroatoms. The number of benzene rings is 1. The van der Waals surface area contributed by atoms with E-state index in [4.69, 9.17) is 9.26 Å². The molecule has 1 saturated heterocycles. The number of nitrogens with zero attached hydrogens (tertiary/aromatic N) is 5. The van der Waals surface area contributed by atoms with E-state index in [0.29, 0.717) is 56.7 Å². The van der Waals surface area contributed by atoms with Gasteiger partial charge in [0.05, 0.1) is 17.5 Å². The van der Waals surface area contributed by atoms with Gasteiger partial charge in [0, 0.05) is 33.3 Å². The quantitative estimate of drug-likeness (QED) is 0.571. The van der Waals surface area contributed by atoms with Gasteiger partial charge in [-0.25, -0.2) is 4.39 Å². The van der Waals surface area contributed by atoms with Gasteiger partial charge in [0.15, 0.2) is 5.82 Å². The normalized spacial score (nSPS) is 15.5. The maximum Gasteiger partial charge on any atom is 0.295 e. The molecule has 0 spiro atoms. The number of ether oxygens (including phenoxy) is 1. The Balaban J connectivity index is 1.61. The predicted octanol–water partition coefficient (Wildman–Crippen LogP) is 1.59. The first-order chi connectivity index (χ1) is 12.1. The van der Waals surface area contributed by atoms with E-state index in [1.54, 1.807) is 7.11 Å². The van der Waals surface area contributed by atoms with Crippen molar-refractivity contribution in [1.82, 2.24) is 15.0 Å². The van der Waals surface area contributed by atoms with Crippen LogP contribution in [0.15, 0.2) is 22.7 Å². The van der Waals surface area contributed by atoms with E-state index >= 15 is 0 Å². The third kappa shape index (κ3) is 4.09. The van der Waals surface area contributed by atoms with Gasteiger partial charge in [0.1, 0.15) is 18.1 Å². The monoisotopic (exact) mass is 351 g/mol. The average Bonchev–Trinajstić information content (AvgIpc) is 3.03. The molecule has 9 nitrogen and oxygen atoms in total. The maximum atomic E-state index is 13.3. The van der Waals surface area contributed by atoms with Crippen molar-refractivity contribution < 1.29 is 18.6 Å². The van der Waals surface area contributed by atoms with Gasteiger partial charge in [-0.1, -0.05) is 5.16 Å². The molecule has 0 atom stereocenters. The molecule has 0 bridgehead atoms. The molecule has 25 heavy (non-hydrogen) atoms. The van der Waals surface area contributed by atoms with Gasteiger partial charge < -0.3 is 14.2 Å². The summed E-state index contributed by atoms with van der Waals surface area (Å²) in [5, 5.41) is 15.0. The number of piperazine rings is 1. The summed E-state index contributed by atoms with van der Waals surface area (Å²) in [6.45, 7) is 3.34. The number of nitro benzene ring substituents is 1. The van der Waals surface area contributed by atoms with Crippen LogP contribution in [0.2, 0.25) is 0 Å². The summed E-state index contributed by atoms with van der Waals surface area (Å²) in [5.41, 5.74) is 0.223. The van der Waals surface area contributed by atoms with Gasteiger partial charge >= 0.3 is 0 Å². The SMILES string of the molecule is COCc1noc(CN2CCN(c3ccc(F)cc3[N+](=O)[O-])CC2)n1. The van der Waals surface area contributed by atoms with Crippen molar-refractivity contribution in [3.8, 4) is 0 Å². The van der Waals surface area contributed by atoms with Crippen LogP contribution in [-0.4, -0.2) is 53.3 Å². The average molecular weight is 351 g/mol. The van der Waals surface area contributed by atoms with E-state index in [0.717, 1.165) is 6.07 Å². The van der Waals surface area contributed by atoms with Crippen molar-refractivity contribution in [1.29, 1.82) is 0 Å². The van der Waals surface area contributed by atoms with E-state index in [1.165, 1.54) is 12.1 Å². The van der Waals surface area contributed by atoms with Crippen molar-refractivity contribution in [2.75, 3.05) is 38.2 Å². The van der Waals surface area contributed by atoms with Crippen LogP contribution in [0.4, 0.5) is 15.8 Å². The topological polar surface area (TPSA) is 97.8 Å². The van der Waals surface area contributed by atoms with Crippen LogP contribution in [0, 0.1) is 15.9 Å². The second kappa shape index (κ2) is 7.53. The predicted molar refractivity (Wildman–Crippen MR) is 85.6 cm³/mol. The smallest absolute Gasteiger partial charge is 0.295 e. The second-order valence-corrected chi connectivity index (χ2v) is 5.69. The number of halogens is 1. The molecule has 0 unspecified atom stereocenters. The van der Waals surface area contributed by atoms with Crippen LogP contribution < -0.4 is 4.90 Å². The highest BCUT2D eigenvalue weighted by Crippen LogP contribution is 2.29. The number of methoxy groups -OCH3 is 1. The van der Waals surface area contributed by atoms with Crippen molar-refractivity contribution in [2.24, 2.45) is 0 Å². The third-order valence-electron chi connectivity index (χ3n) is 3.99. The Bertz CT molecular complexity index is 745. The van der Waals surface area contributed by atoms with Crippen molar-refractivity contribution >= 4 is 11.4 Å². The fraction of sp³-hybridized carbons (Fsp3) is 0.467. The summed E-state index contributed by atoms with van der Waals surface area (Å²) < 4.78 is 23.4. The molecule has 1 aromatic carbocycles. The molecular formula is C15H18FN5O4. The molecule has 1 aliphatic heterocycles. The summed E-state index contributed by atoms with van der Waals surface area (Å²) in [7, 11) is 1.56. The van der Waals surface area contributed by atoms with Gasteiger partial charge in [-0.15, -0.1) is 0 Å². The molecule has 1 fully saturated rings. The molecular weight excluding hydrogens is 333 g/mol. The lowest BCUT2D eigenvalue weighted by Crippen LogP contribution is -2.46. The summed E-state index contributed by atoms with van der Waals surface area (Å²) in [6, 6.07) is 3.65. The highest BCUT2D eigenvalue weighted by Gasteiger charge is 2.25. The van der Waals surface area contributed by atoms with Gasteiger partial charge in [0.2, 0.25) is 5.89 Å².